The summed E-state index contributed by atoms with van der Waals surface area (Å²) in [5.74, 6) is 1.79. The number of nitrogens with zero attached hydrogens (tertiary/aromatic N) is 1. The van der Waals surface area contributed by atoms with E-state index in [2.05, 4.69) is 18.7 Å². The van der Waals surface area contributed by atoms with Crippen molar-refractivity contribution in [2.45, 2.75) is 46.0 Å². The Bertz CT molecular complexity index is 343. The predicted molar refractivity (Wildman–Crippen MR) is 89.4 cm³/mol. The summed E-state index contributed by atoms with van der Waals surface area (Å²) in [7, 11) is 1.68. The van der Waals surface area contributed by atoms with Crippen molar-refractivity contribution in [3.8, 4) is 11.5 Å². The van der Waals surface area contributed by atoms with Crippen molar-refractivity contribution in [2.75, 3.05) is 33.4 Å². The Hall–Kier alpha value is -1.22. The van der Waals surface area contributed by atoms with Crippen molar-refractivity contribution >= 4 is 0 Å². The first-order valence-corrected chi connectivity index (χ1v) is 8.29. The topological polar surface area (TPSA) is 21.7 Å². The molecule has 0 N–H and O–H groups in total. The molecule has 3 nitrogen and oxygen atoms in total. The SMILES string of the molecule is CCCCN(CCCC)CCCOc1ccc(OC)cc1. The third kappa shape index (κ3) is 7.96. The largest absolute Gasteiger partial charge is 0.497 e. The Balaban J connectivity index is 2.22. The zero-order chi connectivity index (χ0) is 15.3. The fourth-order valence-electron chi connectivity index (χ4n) is 2.25. The van der Waals surface area contributed by atoms with Gasteiger partial charge in [-0.3, -0.25) is 0 Å². The van der Waals surface area contributed by atoms with Gasteiger partial charge in [0.1, 0.15) is 11.5 Å². The third-order valence-corrected chi connectivity index (χ3v) is 3.60. The Morgan fingerprint density at radius 3 is 1.86 bits per heavy atom. The van der Waals surface area contributed by atoms with E-state index in [1.165, 1.54) is 38.8 Å². The van der Waals surface area contributed by atoms with Crippen LogP contribution in [0.3, 0.4) is 0 Å². The molecular weight excluding hydrogens is 262 g/mol. The summed E-state index contributed by atoms with van der Waals surface area (Å²) in [6.45, 7) is 8.87. The van der Waals surface area contributed by atoms with E-state index in [1.807, 2.05) is 24.3 Å². The van der Waals surface area contributed by atoms with Crippen LogP contribution >= 0.6 is 0 Å². The summed E-state index contributed by atoms with van der Waals surface area (Å²) in [6.07, 6.45) is 6.21. The Labute approximate surface area is 130 Å². The fraction of sp³-hybridized carbons (Fsp3) is 0.667. The molecule has 0 saturated carbocycles. The summed E-state index contributed by atoms with van der Waals surface area (Å²) in [5.41, 5.74) is 0. The molecule has 21 heavy (non-hydrogen) atoms. The molecule has 0 amide bonds. The summed E-state index contributed by atoms with van der Waals surface area (Å²) in [5, 5.41) is 0. The lowest BCUT2D eigenvalue weighted by molar-refractivity contribution is 0.229. The first kappa shape index (κ1) is 17.8. The van der Waals surface area contributed by atoms with Gasteiger partial charge in [0.25, 0.3) is 0 Å². The van der Waals surface area contributed by atoms with E-state index < -0.39 is 0 Å². The molecular formula is C18H31NO2. The summed E-state index contributed by atoms with van der Waals surface area (Å²) < 4.78 is 10.9. The van der Waals surface area contributed by atoms with E-state index in [0.29, 0.717) is 0 Å². The number of ether oxygens (including phenoxy) is 2. The van der Waals surface area contributed by atoms with Gasteiger partial charge < -0.3 is 14.4 Å². The lowest BCUT2D eigenvalue weighted by Gasteiger charge is -2.21. The first-order chi connectivity index (χ1) is 10.3. The Kier molecular flexibility index (Phi) is 9.71. The van der Waals surface area contributed by atoms with E-state index in [4.69, 9.17) is 9.47 Å². The Morgan fingerprint density at radius 1 is 0.810 bits per heavy atom. The normalized spacial score (nSPS) is 10.9. The average molecular weight is 293 g/mol. The van der Waals surface area contributed by atoms with E-state index in [0.717, 1.165) is 31.1 Å². The first-order valence-electron chi connectivity index (χ1n) is 8.29. The number of methoxy groups -OCH3 is 1. The highest BCUT2D eigenvalue weighted by Gasteiger charge is 2.04. The van der Waals surface area contributed by atoms with Crippen molar-refractivity contribution < 1.29 is 9.47 Å². The minimum absolute atomic E-state index is 0.779. The zero-order valence-corrected chi connectivity index (χ0v) is 13.9. The molecule has 0 aliphatic rings. The summed E-state index contributed by atoms with van der Waals surface area (Å²) >= 11 is 0. The van der Waals surface area contributed by atoms with Crippen LogP contribution in [0.2, 0.25) is 0 Å². The second-order valence-electron chi connectivity index (χ2n) is 5.43. The summed E-state index contributed by atoms with van der Waals surface area (Å²) in [4.78, 5) is 2.57. The van der Waals surface area contributed by atoms with Gasteiger partial charge in [-0.15, -0.1) is 0 Å². The van der Waals surface area contributed by atoms with Crippen molar-refractivity contribution in [1.29, 1.82) is 0 Å². The van der Waals surface area contributed by atoms with Crippen LogP contribution in [0.15, 0.2) is 24.3 Å². The van der Waals surface area contributed by atoms with Crippen LogP contribution in [0.4, 0.5) is 0 Å². The van der Waals surface area contributed by atoms with Crippen LogP contribution in [0.1, 0.15) is 46.0 Å². The highest BCUT2D eigenvalue weighted by molar-refractivity contribution is 5.31. The Morgan fingerprint density at radius 2 is 1.33 bits per heavy atom. The van der Waals surface area contributed by atoms with Crippen LogP contribution in [0.25, 0.3) is 0 Å². The molecule has 0 fully saturated rings. The number of hydrogen-bond donors (Lipinski definition) is 0. The van der Waals surface area contributed by atoms with Gasteiger partial charge in [0, 0.05) is 6.54 Å². The molecule has 1 aromatic carbocycles. The van der Waals surface area contributed by atoms with Crippen LogP contribution in [-0.4, -0.2) is 38.3 Å². The van der Waals surface area contributed by atoms with Gasteiger partial charge in [0.2, 0.25) is 0 Å². The molecule has 0 aromatic heterocycles. The van der Waals surface area contributed by atoms with Gasteiger partial charge in [0.05, 0.1) is 13.7 Å². The maximum Gasteiger partial charge on any atom is 0.119 e. The lowest BCUT2D eigenvalue weighted by Crippen LogP contribution is -2.28. The average Bonchev–Trinajstić information content (AvgIpc) is 2.53. The molecule has 0 aliphatic carbocycles. The maximum absolute atomic E-state index is 5.78. The molecule has 0 saturated heterocycles. The molecule has 0 radical (unpaired) electrons. The standard InChI is InChI=1S/C18H31NO2/c1-4-6-13-19(14-7-5-2)15-8-16-21-18-11-9-17(20-3)10-12-18/h9-12H,4-8,13-16H2,1-3H3. The number of rotatable bonds is 12. The van der Waals surface area contributed by atoms with Gasteiger partial charge in [-0.05, 0) is 56.6 Å². The molecule has 0 unspecified atom stereocenters. The van der Waals surface area contributed by atoms with Gasteiger partial charge in [0.15, 0.2) is 0 Å². The van der Waals surface area contributed by atoms with E-state index in [-0.39, 0.29) is 0 Å². The number of unbranched alkanes of at least 4 members (excludes halogenated alkanes) is 2. The summed E-state index contributed by atoms with van der Waals surface area (Å²) in [6, 6.07) is 7.80. The van der Waals surface area contributed by atoms with Crippen LogP contribution in [0, 0.1) is 0 Å². The van der Waals surface area contributed by atoms with E-state index in [1.54, 1.807) is 7.11 Å². The van der Waals surface area contributed by atoms with E-state index in [9.17, 15) is 0 Å². The van der Waals surface area contributed by atoms with Crippen LogP contribution in [-0.2, 0) is 0 Å². The molecule has 0 atom stereocenters. The van der Waals surface area contributed by atoms with Gasteiger partial charge in [-0.25, -0.2) is 0 Å². The van der Waals surface area contributed by atoms with Crippen LogP contribution < -0.4 is 9.47 Å². The zero-order valence-electron chi connectivity index (χ0n) is 13.9. The highest BCUT2D eigenvalue weighted by atomic mass is 16.5. The predicted octanol–water partition coefficient (Wildman–Crippen LogP) is 4.37. The molecule has 120 valence electrons. The molecule has 0 spiro atoms. The lowest BCUT2D eigenvalue weighted by atomic mass is 10.2. The van der Waals surface area contributed by atoms with Crippen molar-refractivity contribution in [3.05, 3.63) is 24.3 Å². The van der Waals surface area contributed by atoms with Gasteiger partial charge >= 0.3 is 0 Å². The quantitative estimate of drug-likeness (QED) is 0.534. The molecule has 3 heteroatoms. The van der Waals surface area contributed by atoms with Crippen LogP contribution in [0.5, 0.6) is 11.5 Å². The molecule has 1 rings (SSSR count). The van der Waals surface area contributed by atoms with Crippen molar-refractivity contribution in [3.63, 3.8) is 0 Å². The molecule has 1 aromatic rings. The van der Waals surface area contributed by atoms with Gasteiger partial charge in [-0.2, -0.15) is 0 Å². The fourth-order valence-corrected chi connectivity index (χ4v) is 2.25. The smallest absolute Gasteiger partial charge is 0.119 e. The molecule has 0 heterocycles. The van der Waals surface area contributed by atoms with Gasteiger partial charge in [-0.1, -0.05) is 26.7 Å². The molecule has 0 aliphatic heterocycles. The second kappa shape index (κ2) is 11.4. The van der Waals surface area contributed by atoms with Crippen molar-refractivity contribution in [1.82, 2.24) is 4.90 Å². The minimum atomic E-state index is 0.779. The monoisotopic (exact) mass is 293 g/mol. The third-order valence-electron chi connectivity index (χ3n) is 3.60. The number of benzene rings is 1. The minimum Gasteiger partial charge on any atom is -0.497 e. The molecule has 0 bridgehead atoms. The second-order valence-corrected chi connectivity index (χ2v) is 5.43. The van der Waals surface area contributed by atoms with E-state index >= 15 is 0 Å². The highest BCUT2D eigenvalue weighted by Crippen LogP contribution is 2.17. The number of hydrogen-bond acceptors (Lipinski definition) is 3. The maximum atomic E-state index is 5.78. The van der Waals surface area contributed by atoms with Crippen molar-refractivity contribution in [2.24, 2.45) is 0 Å².